The number of benzene rings is 1. The van der Waals surface area contributed by atoms with Crippen molar-refractivity contribution >= 4 is 17.3 Å². The maximum atomic E-state index is 8.96. The highest BCUT2D eigenvalue weighted by molar-refractivity contribution is 6.32. The zero-order chi connectivity index (χ0) is 12.0. The van der Waals surface area contributed by atoms with Crippen molar-refractivity contribution in [3.05, 3.63) is 28.8 Å². The highest BCUT2D eigenvalue weighted by atomic mass is 35.5. The summed E-state index contributed by atoms with van der Waals surface area (Å²) in [5, 5.41) is 12.7. The Balaban J connectivity index is 2.54. The number of anilines is 1. The van der Waals surface area contributed by atoms with Gasteiger partial charge < -0.3 is 10.2 Å². The lowest BCUT2D eigenvalue weighted by molar-refractivity contribution is 0.405. The molecular formula is C12H16ClN3. The molecule has 0 aliphatic heterocycles. The van der Waals surface area contributed by atoms with Crippen molar-refractivity contribution in [2.24, 2.45) is 0 Å². The minimum absolute atomic E-state index is 0.500. The molecule has 0 unspecified atom stereocenters. The van der Waals surface area contributed by atoms with Gasteiger partial charge in [-0.15, -0.1) is 0 Å². The van der Waals surface area contributed by atoms with Crippen LogP contribution in [0.25, 0.3) is 0 Å². The summed E-state index contributed by atoms with van der Waals surface area (Å²) in [5.74, 6) is 0. The highest BCUT2D eigenvalue weighted by Crippen LogP contribution is 2.22. The van der Waals surface area contributed by atoms with Crippen molar-refractivity contribution < 1.29 is 0 Å². The lowest BCUT2D eigenvalue weighted by Crippen LogP contribution is -2.16. The summed E-state index contributed by atoms with van der Waals surface area (Å²) >= 11 is 5.92. The minimum atomic E-state index is 0.500. The normalized spacial score (nSPS) is 10.2. The van der Waals surface area contributed by atoms with E-state index in [1.165, 1.54) is 0 Å². The molecule has 0 aliphatic rings. The molecule has 0 amide bonds. The van der Waals surface area contributed by atoms with Crippen LogP contribution >= 0.6 is 11.6 Å². The highest BCUT2D eigenvalue weighted by Gasteiger charge is 2.04. The Labute approximate surface area is 102 Å². The quantitative estimate of drug-likeness (QED) is 0.801. The molecule has 1 N–H and O–H groups in total. The predicted molar refractivity (Wildman–Crippen MR) is 67.8 cm³/mol. The van der Waals surface area contributed by atoms with Crippen LogP contribution in [0.2, 0.25) is 5.02 Å². The van der Waals surface area contributed by atoms with Crippen molar-refractivity contribution in [2.45, 2.75) is 6.42 Å². The summed E-state index contributed by atoms with van der Waals surface area (Å²) < 4.78 is 0. The van der Waals surface area contributed by atoms with Crippen LogP contribution in [0, 0.1) is 11.3 Å². The topological polar surface area (TPSA) is 39.1 Å². The average Bonchev–Trinajstić information content (AvgIpc) is 2.24. The first-order valence-corrected chi connectivity index (χ1v) is 5.60. The average molecular weight is 238 g/mol. The van der Waals surface area contributed by atoms with E-state index in [0.29, 0.717) is 10.6 Å². The van der Waals surface area contributed by atoms with Gasteiger partial charge in [-0.25, -0.2) is 0 Å². The van der Waals surface area contributed by atoms with Crippen molar-refractivity contribution in [3.63, 3.8) is 0 Å². The van der Waals surface area contributed by atoms with Gasteiger partial charge in [0.15, 0.2) is 0 Å². The Morgan fingerprint density at radius 3 is 2.81 bits per heavy atom. The Morgan fingerprint density at radius 2 is 2.19 bits per heavy atom. The largest absolute Gasteiger partial charge is 0.384 e. The zero-order valence-electron chi connectivity index (χ0n) is 9.63. The molecule has 0 bridgehead atoms. The summed E-state index contributed by atoms with van der Waals surface area (Å²) in [6.45, 7) is 1.86. The molecule has 0 heterocycles. The number of rotatable bonds is 5. The van der Waals surface area contributed by atoms with Gasteiger partial charge in [0, 0.05) is 6.54 Å². The zero-order valence-corrected chi connectivity index (χ0v) is 10.4. The Kier molecular flexibility index (Phi) is 5.10. The van der Waals surface area contributed by atoms with E-state index in [1.807, 2.05) is 26.2 Å². The molecule has 1 aromatic rings. The standard InChI is InChI=1S/C12H16ClN3/c1-16(2)8-4-7-15-12-6-3-5-11(13)10(12)9-14/h3,5-6,15H,4,7-8H2,1-2H3. The summed E-state index contributed by atoms with van der Waals surface area (Å²) in [4.78, 5) is 2.13. The van der Waals surface area contributed by atoms with Crippen molar-refractivity contribution in [1.29, 1.82) is 5.26 Å². The molecule has 3 nitrogen and oxygen atoms in total. The van der Waals surface area contributed by atoms with Gasteiger partial charge in [-0.2, -0.15) is 5.26 Å². The summed E-state index contributed by atoms with van der Waals surface area (Å²) in [6.07, 6.45) is 1.03. The van der Waals surface area contributed by atoms with Crippen molar-refractivity contribution in [1.82, 2.24) is 4.90 Å². The van der Waals surface area contributed by atoms with Crippen molar-refractivity contribution in [3.8, 4) is 6.07 Å². The second-order valence-electron chi connectivity index (χ2n) is 3.86. The SMILES string of the molecule is CN(C)CCCNc1cccc(Cl)c1C#N. The number of hydrogen-bond donors (Lipinski definition) is 1. The molecule has 16 heavy (non-hydrogen) atoms. The fraction of sp³-hybridized carbons (Fsp3) is 0.417. The molecule has 1 rings (SSSR count). The Bertz CT molecular complexity index is 382. The summed E-state index contributed by atoms with van der Waals surface area (Å²) in [5.41, 5.74) is 1.34. The molecule has 0 saturated heterocycles. The van der Waals surface area contributed by atoms with Crippen LogP contribution in [-0.2, 0) is 0 Å². The lowest BCUT2D eigenvalue weighted by atomic mass is 10.2. The summed E-state index contributed by atoms with van der Waals surface area (Å²) in [7, 11) is 4.08. The third-order valence-electron chi connectivity index (χ3n) is 2.22. The van der Waals surface area contributed by atoms with Gasteiger partial charge in [-0.1, -0.05) is 17.7 Å². The number of nitrogens with zero attached hydrogens (tertiary/aromatic N) is 2. The fourth-order valence-electron chi connectivity index (χ4n) is 1.40. The van der Waals surface area contributed by atoms with Crippen molar-refractivity contribution in [2.75, 3.05) is 32.5 Å². The van der Waals surface area contributed by atoms with Gasteiger partial charge in [0.1, 0.15) is 6.07 Å². The van der Waals surface area contributed by atoms with Gasteiger partial charge in [-0.05, 0) is 39.2 Å². The first kappa shape index (κ1) is 12.8. The number of nitrogens with one attached hydrogen (secondary N) is 1. The second-order valence-corrected chi connectivity index (χ2v) is 4.27. The molecule has 0 radical (unpaired) electrons. The van der Waals surface area contributed by atoms with Gasteiger partial charge >= 0.3 is 0 Å². The molecule has 0 aliphatic carbocycles. The smallest absolute Gasteiger partial charge is 0.103 e. The fourth-order valence-corrected chi connectivity index (χ4v) is 1.62. The van der Waals surface area contributed by atoms with Crippen LogP contribution < -0.4 is 5.32 Å². The van der Waals surface area contributed by atoms with Crippen LogP contribution in [-0.4, -0.2) is 32.1 Å². The maximum Gasteiger partial charge on any atom is 0.103 e. The first-order chi connectivity index (χ1) is 7.65. The van der Waals surface area contributed by atoms with E-state index < -0.39 is 0 Å². The van der Waals surface area contributed by atoms with Crippen LogP contribution in [0.15, 0.2) is 18.2 Å². The minimum Gasteiger partial charge on any atom is -0.384 e. The van der Waals surface area contributed by atoms with E-state index in [4.69, 9.17) is 16.9 Å². The van der Waals surface area contributed by atoms with Gasteiger partial charge in [0.05, 0.1) is 16.3 Å². The lowest BCUT2D eigenvalue weighted by Gasteiger charge is -2.11. The summed E-state index contributed by atoms with van der Waals surface area (Å²) in [6, 6.07) is 7.56. The monoisotopic (exact) mass is 237 g/mol. The number of hydrogen-bond acceptors (Lipinski definition) is 3. The predicted octanol–water partition coefficient (Wildman–Crippen LogP) is 2.58. The van der Waals surface area contributed by atoms with Crippen LogP contribution in [0.5, 0.6) is 0 Å². The van der Waals surface area contributed by atoms with E-state index in [9.17, 15) is 0 Å². The molecule has 0 aromatic heterocycles. The molecule has 0 saturated carbocycles. The number of nitriles is 1. The molecule has 4 heteroatoms. The van der Waals surface area contributed by atoms with E-state index >= 15 is 0 Å². The first-order valence-electron chi connectivity index (χ1n) is 5.22. The Hall–Kier alpha value is -1.24. The molecule has 0 atom stereocenters. The molecule has 86 valence electrons. The van der Waals surface area contributed by atoms with E-state index in [2.05, 4.69) is 16.3 Å². The second kappa shape index (κ2) is 6.37. The maximum absolute atomic E-state index is 8.96. The Morgan fingerprint density at radius 1 is 1.44 bits per heavy atom. The molecule has 0 spiro atoms. The third-order valence-corrected chi connectivity index (χ3v) is 2.54. The van der Waals surface area contributed by atoms with Gasteiger partial charge in [0.25, 0.3) is 0 Å². The third kappa shape index (κ3) is 3.73. The van der Waals surface area contributed by atoms with Gasteiger partial charge in [-0.3, -0.25) is 0 Å². The van der Waals surface area contributed by atoms with Gasteiger partial charge in [0.2, 0.25) is 0 Å². The van der Waals surface area contributed by atoms with Crippen LogP contribution in [0.4, 0.5) is 5.69 Å². The van der Waals surface area contributed by atoms with E-state index in [1.54, 1.807) is 6.07 Å². The van der Waals surface area contributed by atoms with Crippen LogP contribution in [0.1, 0.15) is 12.0 Å². The number of halogens is 1. The van der Waals surface area contributed by atoms with E-state index in [-0.39, 0.29) is 0 Å². The molecule has 0 fully saturated rings. The van der Waals surface area contributed by atoms with Crippen LogP contribution in [0.3, 0.4) is 0 Å². The van der Waals surface area contributed by atoms with E-state index in [0.717, 1.165) is 25.2 Å². The molecule has 1 aromatic carbocycles. The molecular weight excluding hydrogens is 222 g/mol.